The molecular formula is C37H39N15S2. The predicted molar refractivity (Wildman–Crippen MR) is 211 cm³/mol. The van der Waals surface area contributed by atoms with E-state index in [1.165, 1.54) is 23.5 Å². The first kappa shape index (κ1) is 35.2. The van der Waals surface area contributed by atoms with E-state index in [1.54, 1.807) is 38.9 Å². The van der Waals surface area contributed by atoms with Gasteiger partial charge >= 0.3 is 0 Å². The second-order valence-electron chi connectivity index (χ2n) is 13.1. The number of hydrogen-bond donors (Lipinski definition) is 2. The lowest BCUT2D eigenvalue weighted by Crippen LogP contribution is -2.12. The third-order valence-electron chi connectivity index (χ3n) is 9.27. The zero-order chi connectivity index (χ0) is 37.2. The molecule has 1 unspecified atom stereocenters. The Morgan fingerprint density at radius 1 is 0.704 bits per heavy atom. The zero-order valence-corrected chi connectivity index (χ0v) is 32.1. The molecule has 8 rings (SSSR count). The van der Waals surface area contributed by atoms with Crippen LogP contribution in [-0.4, -0.2) is 76.0 Å². The summed E-state index contributed by atoms with van der Waals surface area (Å²) in [5, 5.41) is 22.3. The molecule has 0 saturated carbocycles. The van der Waals surface area contributed by atoms with Crippen LogP contribution in [0, 0.1) is 0 Å². The van der Waals surface area contributed by atoms with E-state index in [9.17, 15) is 0 Å². The molecule has 0 aliphatic rings. The Labute approximate surface area is 320 Å². The molecule has 54 heavy (non-hydrogen) atoms. The number of nitrogens with zero attached hydrogens (tertiary/aromatic N) is 13. The van der Waals surface area contributed by atoms with Gasteiger partial charge in [0.1, 0.15) is 12.7 Å². The van der Waals surface area contributed by atoms with Gasteiger partial charge in [0.2, 0.25) is 11.9 Å². The number of anilines is 2. The van der Waals surface area contributed by atoms with Gasteiger partial charge < -0.3 is 15.2 Å². The Hall–Kier alpha value is -5.81. The first-order chi connectivity index (χ1) is 26.4. The summed E-state index contributed by atoms with van der Waals surface area (Å²) in [5.74, 6) is 1.65. The van der Waals surface area contributed by atoms with E-state index in [2.05, 4.69) is 81.9 Å². The topological polar surface area (TPSA) is 159 Å². The predicted octanol–water partition coefficient (Wildman–Crippen LogP) is 6.47. The molecule has 0 amide bonds. The van der Waals surface area contributed by atoms with Crippen molar-refractivity contribution in [2.45, 2.75) is 62.4 Å². The van der Waals surface area contributed by atoms with Gasteiger partial charge in [-0.1, -0.05) is 74.6 Å². The van der Waals surface area contributed by atoms with Gasteiger partial charge in [0, 0.05) is 36.6 Å². The van der Waals surface area contributed by atoms with Crippen LogP contribution in [0.2, 0.25) is 0 Å². The van der Waals surface area contributed by atoms with Gasteiger partial charge in [0.05, 0.1) is 30.1 Å². The summed E-state index contributed by atoms with van der Waals surface area (Å²) in [6.07, 6.45) is 17.3. The zero-order valence-electron chi connectivity index (χ0n) is 30.5. The number of para-hydroxylation sites is 1. The fourth-order valence-corrected chi connectivity index (χ4v) is 7.22. The highest BCUT2D eigenvalue weighted by atomic mass is 32.2. The van der Waals surface area contributed by atoms with E-state index in [4.69, 9.17) is 25.0 Å². The van der Waals surface area contributed by atoms with Crippen molar-refractivity contribution in [2.75, 3.05) is 23.1 Å². The lowest BCUT2D eigenvalue weighted by molar-refractivity contribution is 0.756. The maximum Gasteiger partial charge on any atom is 0.228 e. The first-order valence-electron chi connectivity index (χ1n) is 17.5. The average Bonchev–Trinajstić information content (AvgIpc) is 4.03. The van der Waals surface area contributed by atoms with Crippen LogP contribution in [0.5, 0.6) is 0 Å². The highest BCUT2D eigenvalue weighted by Gasteiger charge is 2.20. The molecular weight excluding hydrogens is 719 g/mol. The maximum atomic E-state index is 4.92. The number of nitrogens with one attached hydrogen (secondary N) is 2. The third-order valence-corrected chi connectivity index (χ3v) is 10.4. The molecule has 8 aromatic rings. The fourth-order valence-electron chi connectivity index (χ4n) is 6.51. The van der Waals surface area contributed by atoms with Gasteiger partial charge in [-0.2, -0.15) is 34.3 Å². The molecule has 0 aliphatic heterocycles. The number of hydrogen-bond acceptors (Lipinski definition) is 13. The Kier molecular flexibility index (Phi) is 9.97. The standard InChI is InChI=1S/C37H39N15S2/c1-23(2)28-18-42-51-32(28)45-36(53-4)48-35(51)41-17-27-15-25(10-11-31(27)50-22-39-20-44-50)14-24(3)29-19-43-52-33(29)46-37(54-5)47-34(52)40-16-26-8-6-7-9-30(26)49-13-12-38-21-49/h6-13,15,18-24H,14,16-17H2,1-5H3,(H,40,46,47)(H,41,45,48). The molecule has 0 aliphatic carbocycles. The van der Waals surface area contributed by atoms with Gasteiger partial charge in [-0.05, 0) is 59.6 Å². The van der Waals surface area contributed by atoms with E-state index in [-0.39, 0.29) is 11.8 Å². The minimum absolute atomic E-state index is 0.101. The van der Waals surface area contributed by atoms with E-state index in [0.717, 1.165) is 56.9 Å². The van der Waals surface area contributed by atoms with Gasteiger partial charge in [-0.25, -0.2) is 24.6 Å². The number of rotatable bonds is 14. The van der Waals surface area contributed by atoms with E-state index in [1.807, 2.05) is 47.8 Å². The molecule has 6 aromatic heterocycles. The normalized spacial score (nSPS) is 12.3. The van der Waals surface area contributed by atoms with Gasteiger partial charge in [0.25, 0.3) is 0 Å². The quantitative estimate of drug-likeness (QED) is 0.116. The molecule has 0 radical (unpaired) electrons. The summed E-state index contributed by atoms with van der Waals surface area (Å²) in [7, 11) is 0. The smallest absolute Gasteiger partial charge is 0.228 e. The number of thioether (sulfide) groups is 2. The largest absolute Gasteiger partial charge is 0.350 e. The Morgan fingerprint density at radius 2 is 1.39 bits per heavy atom. The highest BCUT2D eigenvalue weighted by Crippen LogP contribution is 2.29. The summed E-state index contributed by atoms with van der Waals surface area (Å²) in [4.78, 5) is 27.7. The monoisotopic (exact) mass is 757 g/mol. The summed E-state index contributed by atoms with van der Waals surface area (Å²) < 4.78 is 7.38. The Morgan fingerprint density at radius 3 is 2.04 bits per heavy atom. The van der Waals surface area contributed by atoms with Crippen molar-refractivity contribution in [1.29, 1.82) is 0 Å². The molecule has 17 heteroatoms. The molecule has 2 aromatic carbocycles. The van der Waals surface area contributed by atoms with Crippen LogP contribution in [0.4, 0.5) is 11.9 Å². The van der Waals surface area contributed by atoms with Crippen molar-refractivity contribution in [3.63, 3.8) is 0 Å². The van der Waals surface area contributed by atoms with Gasteiger partial charge in [-0.15, -0.1) is 0 Å². The molecule has 0 bridgehead atoms. The summed E-state index contributed by atoms with van der Waals surface area (Å²) >= 11 is 3.02. The van der Waals surface area contributed by atoms with Crippen molar-refractivity contribution in [3.8, 4) is 11.4 Å². The molecule has 274 valence electrons. The van der Waals surface area contributed by atoms with Crippen LogP contribution in [-0.2, 0) is 19.5 Å². The van der Waals surface area contributed by atoms with E-state index >= 15 is 0 Å². The fraction of sp³-hybridized carbons (Fsp3) is 0.270. The summed E-state index contributed by atoms with van der Waals surface area (Å²) in [5.41, 5.74) is 8.99. The Bertz CT molecular complexity index is 2520. The first-order valence-corrected chi connectivity index (χ1v) is 19.9. The molecule has 0 spiro atoms. The van der Waals surface area contributed by atoms with Crippen molar-refractivity contribution in [1.82, 2.24) is 63.5 Å². The van der Waals surface area contributed by atoms with Gasteiger partial charge in [-0.3, -0.25) is 0 Å². The van der Waals surface area contributed by atoms with Crippen LogP contribution < -0.4 is 10.6 Å². The number of benzene rings is 2. The van der Waals surface area contributed by atoms with Crippen LogP contribution in [0.25, 0.3) is 22.7 Å². The SMILES string of the molecule is CSc1nc(NCc2cc(CC(C)c3cnn4c(NCc5ccccc5-n5ccnc5)nc(SC)nc34)ccc2-n2cncn2)n2ncc(C(C)C)c2n1. The second-order valence-corrected chi connectivity index (χ2v) is 14.7. The second kappa shape index (κ2) is 15.3. The van der Waals surface area contributed by atoms with Crippen molar-refractivity contribution in [3.05, 3.63) is 114 Å². The molecule has 0 fully saturated rings. The third kappa shape index (κ3) is 6.99. The van der Waals surface area contributed by atoms with Crippen molar-refractivity contribution >= 4 is 46.7 Å². The van der Waals surface area contributed by atoms with Crippen molar-refractivity contribution < 1.29 is 0 Å². The molecule has 2 N–H and O–H groups in total. The van der Waals surface area contributed by atoms with Crippen LogP contribution in [0.1, 0.15) is 60.4 Å². The van der Waals surface area contributed by atoms with Crippen LogP contribution in [0.15, 0.2) is 96.5 Å². The van der Waals surface area contributed by atoms with E-state index < -0.39 is 0 Å². The summed E-state index contributed by atoms with van der Waals surface area (Å²) in [6, 6.07) is 14.7. The molecule has 1 atom stereocenters. The summed E-state index contributed by atoms with van der Waals surface area (Å²) in [6.45, 7) is 7.52. The van der Waals surface area contributed by atoms with Gasteiger partial charge in [0.15, 0.2) is 21.6 Å². The highest BCUT2D eigenvalue weighted by molar-refractivity contribution is 7.98. The lowest BCUT2D eigenvalue weighted by Gasteiger charge is -2.16. The minimum Gasteiger partial charge on any atom is -0.350 e. The molecule has 15 nitrogen and oxygen atoms in total. The van der Waals surface area contributed by atoms with Crippen LogP contribution >= 0.6 is 23.5 Å². The Balaban J connectivity index is 1.07. The minimum atomic E-state index is 0.101. The number of aromatic nitrogens is 13. The van der Waals surface area contributed by atoms with Crippen LogP contribution in [0.3, 0.4) is 0 Å². The molecule has 0 saturated heterocycles. The number of fused-ring (bicyclic) bond motifs is 2. The van der Waals surface area contributed by atoms with Crippen molar-refractivity contribution in [2.24, 2.45) is 0 Å². The number of imidazole rings is 1. The average molecular weight is 758 g/mol. The maximum absolute atomic E-state index is 4.92. The lowest BCUT2D eigenvalue weighted by atomic mass is 9.94. The van der Waals surface area contributed by atoms with E-state index in [0.29, 0.717) is 35.3 Å². The molecule has 6 heterocycles.